The zero-order chi connectivity index (χ0) is 37.9. The molecule has 1 amide bonds. The van der Waals surface area contributed by atoms with Crippen LogP contribution < -0.4 is 11.1 Å². The maximum Gasteiger partial charge on any atom is 0.309 e. The number of fused-ring (bicyclic) bond motifs is 3. The number of benzene rings is 3. The fourth-order valence-corrected chi connectivity index (χ4v) is 8.08. The number of carbonyl (C=O) groups is 2. The molecule has 54 heavy (non-hydrogen) atoms. The largest absolute Gasteiger partial charge is 0.481 e. The third-order valence-electron chi connectivity index (χ3n) is 11.0. The molecule has 2 aromatic heterocycles. The van der Waals surface area contributed by atoms with Crippen LogP contribution in [0.1, 0.15) is 77.8 Å². The Labute approximate surface area is 312 Å². The van der Waals surface area contributed by atoms with Crippen LogP contribution in [-0.4, -0.2) is 68.4 Å². The molecule has 5 aromatic rings. The summed E-state index contributed by atoms with van der Waals surface area (Å²) in [5.74, 6) is -3.93. The Bertz CT molecular complexity index is 2140. The molecule has 0 bridgehead atoms. The molecule has 3 aromatic carbocycles. The molecular formula is C42H43F2N5O5. The Morgan fingerprint density at radius 3 is 2.50 bits per heavy atom. The van der Waals surface area contributed by atoms with E-state index in [4.69, 9.17) is 10.3 Å². The van der Waals surface area contributed by atoms with E-state index in [1.54, 1.807) is 0 Å². The fraction of sp³-hybridized carbons (Fsp3) is 0.333. The standard InChI is InChI=1S/C22H25F2N3O5.C20H18N2/c23-12-5-6-13(15(24)9-12)20-10-17(26-32-20)21(29)25-16-7-8-27(11-14(16)22(30)31)18-3-1-2-4-19(18)28;1-13(19-8-4-5-11-22-19)15-9-10-17-16-7-3-2-6-14(16)12-18(17)20(15)21/h5-6,9-10,14,16,18-19,28H,1-4,7-8,11H2,(H,25,29)(H,30,31);2-11,13H,12,21H2,1H3/t14-,16-,18+,19-;13-/m10/s1. The van der Waals surface area contributed by atoms with Crippen molar-refractivity contribution in [1.29, 1.82) is 0 Å². The van der Waals surface area contributed by atoms with Gasteiger partial charge in [-0.2, -0.15) is 0 Å². The van der Waals surface area contributed by atoms with Crippen LogP contribution in [0.4, 0.5) is 14.5 Å². The maximum absolute atomic E-state index is 14.0. The summed E-state index contributed by atoms with van der Waals surface area (Å²) in [5, 5.41) is 26.4. The molecule has 0 radical (unpaired) electrons. The van der Waals surface area contributed by atoms with E-state index in [1.807, 2.05) is 23.2 Å². The summed E-state index contributed by atoms with van der Waals surface area (Å²) in [6, 6.07) is 22.5. The first kappa shape index (κ1) is 36.9. The Morgan fingerprint density at radius 2 is 1.74 bits per heavy atom. The van der Waals surface area contributed by atoms with Gasteiger partial charge in [-0.25, -0.2) is 8.78 Å². The van der Waals surface area contributed by atoms with Crippen molar-refractivity contribution in [1.82, 2.24) is 20.4 Å². The van der Waals surface area contributed by atoms with E-state index in [0.717, 1.165) is 43.1 Å². The number of nitrogens with one attached hydrogen (secondary N) is 1. The van der Waals surface area contributed by atoms with Crippen LogP contribution in [0.15, 0.2) is 89.6 Å². The zero-order valence-corrected chi connectivity index (χ0v) is 29.9. The highest BCUT2D eigenvalue weighted by molar-refractivity contribution is 5.93. The van der Waals surface area contributed by atoms with Gasteiger partial charge >= 0.3 is 5.97 Å². The van der Waals surface area contributed by atoms with Crippen molar-refractivity contribution in [2.24, 2.45) is 5.92 Å². The van der Waals surface area contributed by atoms with Gasteiger partial charge < -0.3 is 25.8 Å². The van der Waals surface area contributed by atoms with Crippen LogP contribution >= 0.6 is 0 Å². The molecule has 2 fully saturated rings. The average molecular weight is 736 g/mol. The van der Waals surface area contributed by atoms with E-state index in [-0.39, 0.29) is 35.5 Å². The molecule has 280 valence electrons. The number of likely N-dealkylation sites (tertiary alicyclic amines) is 1. The van der Waals surface area contributed by atoms with Crippen LogP contribution in [-0.2, 0) is 11.2 Å². The molecule has 3 aliphatic rings. The average Bonchev–Trinajstić information content (AvgIpc) is 3.82. The maximum atomic E-state index is 14.0. The number of piperidine rings is 1. The van der Waals surface area contributed by atoms with E-state index in [1.165, 1.54) is 39.9 Å². The van der Waals surface area contributed by atoms with Crippen molar-refractivity contribution in [2.75, 3.05) is 18.8 Å². The van der Waals surface area contributed by atoms with Gasteiger partial charge in [-0.3, -0.25) is 19.5 Å². The van der Waals surface area contributed by atoms with Gasteiger partial charge in [-0.15, -0.1) is 0 Å². The summed E-state index contributed by atoms with van der Waals surface area (Å²) >= 11 is 0. The number of carboxylic acid groups (broad SMARTS) is 1. The zero-order valence-electron chi connectivity index (χ0n) is 29.9. The molecule has 0 unspecified atom stereocenters. The molecule has 1 saturated heterocycles. The number of anilines is 1. The molecule has 2 aliphatic carbocycles. The van der Waals surface area contributed by atoms with E-state index in [9.17, 15) is 28.6 Å². The smallest absolute Gasteiger partial charge is 0.309 e. The predicted molar refractivity (Wildman–Crippen MR) is 200 cm³/mol. The number of nitrogen functional groups attached to an aromatic ring is 1. The number of aromatic nitrogens is 2. The Morgan fingerprint density at radius 1 is 0.963 bits per heavy atom. The first-order chi connectivity index (χ1) is 26.1. The Kier molecular flexibility index (Phi) is 10.8. The number of carboxylic acids is 1. The summed E-state index contributed by atoms with van der Waals surface area (Å²) in [5.41, 5.74) is 14.7. The lowest BCUT2D eigenvalue weighted by atomic mass is 9.86. The van der Waals surface area contributed by atoms with Gasteiger partial charge in [0.15, 0.2) is 11.5 Å². The number of rotatable bonds is 7. The number of aliphatic carboxylic acids is 1. The van der Waals surface area contributed by atoms with E-state index < -0.39 is 41.6 Å². The van der Waals surface area contributed by atoms with Gasteiger partial charge in [0, 0.05) is 67.2 Å². The predicted octanol–water partition coefficient (Wildman–Crippen LogP) is 6.82. The number of pyridine rings is 1. The van der Waals surface area contributed by atoms with E-state index in [0.29, 0.717) is 25.5 Å². The minimum atomic E-state index is -1.03. The van der Waals surface area contributed by atoms with Crippen LogP contribution in [0.5, 0.6) is 0 Å². The summed E-state index contributed by atoms with van der Waals surface area (Å²) in [4.78, 5) is 31.1. The minimum absolute atomic E-state index is 0.0384. The van der Waals surface area contributed by atoms with Crippen molar-refractivity contribution >= 4 is 17.6 Å². The van der Waals surface area contributed by atoms with Crippen LogP contribution in [0.25, 0.3) is 22.5 Å². The summed E-state index contributed by atoms with van der Waals surface area (Å²) < 4.78 is 32.1. The molecule has 12 heteroatoms. The lowest BCUT2D eigenvalue weighted by molar-refractivity contribution is -0.145. The first-order valence-electron chi connectivity index (χ1n) is 18.4. The monoisotopic (exact) mass is 735 g/mol. The second kappa shape index (κ2) is 15.9. The van der Waals surface area contributed by atoms with Gasteiger partial charge in [0.2, 0.25) is 0 Å². The summed E-state index contributed by atoms with van der Waals surface area (Å²) in [6.07, 6.45) is 6.21. The lowest BCUT2D eigenvalue weighted by Crippen LogP contribution is -2.58. The SMILES string of the molecule is C[C@H](c1ccccn1)c1ccc2c(c1N)Cc1ccccc1-2.O=C(N[C@@H]1CCN([C@H]2CCCC[C@H]2O)C[C@H]1C(=O)O)c1cc(-c2ccc(F)cc2F)on1. The Balaban J connectivity index is 0.000000178. The van der Waals surface area contributed by atoms with Crippen LogP contribution in [0, 0.1) is 17.6 Å². The molecule has 3 heterocycles. The van der Waals surface area contributed by atoms with Gasteiger partial charge in [0.1, 0.15) is 11.6 Å². The molecule has 5 N–H and O–H groups in total. The minimum Gasteiger partial charge on any atom is -0.481 e. The van der Waals surface area contributed by atoms with E-state index >= 15 is 0 Å². The van der Waals surface area contributed by atoms with E-state index in [2.05, 4.69) is 64.8 Å². The summed E-state index contributed by atoms with van der Waals surface area (Å²) in [6.45, 7) is 2.96. The molecule has 1 saturated carbocycles. The third-order valence-corrected chi connectivity index (χ3v) is 11.0. The molecule has 10 nitrogen and oxygen atoms in total. The van der Waals surface area contributed by atoms with Gasteiger partial charge in [-0.1, -0.05) is 67.4 Å². The number of amides is 1. The quantitative estimate of drug-likeness (QED) is 0.129. The molecule has 0 spiro atoms. The van der Waals surface area contributed by atoms with Crippen LogP contribution in [0.3, 0.4) is 0 Å². The number of nitrogens with two attached hydrogens (primary N) is 1. The molecule has 1 aliphatic heterocycles. The highest BCUT2D eigenvalue weighted by Gasteiger charge is 2.40. The van der Waals surface area contributed by atoms with Gasteiger partial charge in [0.05, 0.1) is 17.6 Å². The topological polar surface area (TPSA) is 155 Å². The highest BCUT2D eigenvalue weighted by atomic mass is 19.1. The number of nitrogens with zero attached hydrogens (tertiary/aromatic N) is 3. The van der Waals surface area contributed by atoms with Gasteiger partial charge in [-0.05, 0) is 71.3 Å². The number of hydrogen-bond donors (Lipinski definition) is 4. The fourth-order valence-electron chi connectivity index (χ4n) is 8.08. The van der Waals surface area contributed by atoms with Crippen LogP contribution in [0.2, 0.25) is 0 Å². The number of hydrogen-bond acceptors (Lipinski definition) is 8. The van der Waals surface area contributed by atoms with Gasteiger partial charge in [0.25, 0.3) is 5.91 Å². The lowest BCUT2D eigenvalue weighted by Gasteiger charge is -2.43. The Hall–Kier alpha value is -5.46. The van der Waals surface area contributed by atoms with Crippen molar-refractivity contribution in [2.45, 2.75) is 69.6 Å². The summed E-state index contributed by atoms with van der Waals surface area (Å²) in [7, 11) is 0. The second-order valence-electron chi connectivity index (χ2n) is 14.3. The van der Waals surface area contributed by atoms with Crippen molar-refractivity contribution in [3.63, 3.8) is 0 Å². The van der Waals surface area contributed by atoms with Crippen molar-refractivity contribution in [3.05, 3.63) is 125 Å². The second-order valence-corrected chi connectivity index (χ2v) is 14.3. The highest BCUT2D eigenvalue weighted by Crippen LogP contribution is 2.42. The van der Waals surface area contributed by atoms with Crippen molar-refractivity contribution in [3.8, 4) is 22.5 Å². The molecule has 5 atom stereocenters. The van der Waals surface area contributed by atoms with Crippen molar-refractivity contribution < 1.29 is 33.1 Å². The number of halogens is 2. The first-order valence-corrected chi connectivity index (χ1v) is 18.4. The molecule has 8 rings (SSSR count). The molecular weight excluding hydrogens is 692 g/mol. The number of aliphatic hydroxyl groups excluding tert-OH is 1. The normalized spacial score (nSPS) is 21.3. The number of aliphatic hydroxyl groups is 1. The number of carbonyl (C=O) groups excluding carboxylic acids is 1. The third kappa shape index (κ3) is 7.62.